The number of ether oxygens (including phenoxy) is 1. The van der Waals surface area contributed by atoms with E-state index in [9.17, 15) is 13.6 Å². The second-order valence-corrected chi connectivity index (χ2v) is 6.60. The van der Waals surface area contributed by atoms with Crippen LogP contribution in [-0.4, -0.2) is 15.5 Å². The van der Waals surface area contributed by atoms with E-state index in [2.05, 4.69) is 4.98 Å². The number of hydrogen-bond donors (Lipinski definition) is 0. The Bertz CT molecular complexity index is 918. The number of esters is 1. The summed E-state index contributed by atoms with van der Waals surface area (Å²) >= 11 is 11.9. The van der Waals surface area contributed by atoms with Crippen molar-refractivity contribution in [3.8, 4) is 0 Å². The molecule has 0 spiro atoms. The van der Waals surface area contributed by atoms with E-state index < -0.39 is 24.2 Å². The van der Waals surface area contributed by atoms with Gasteiger partial charge in [-0.2, -0.15) is 0 Å². The Labute approximate surface area is 164 Å². The number of hydrogen-bond acceptors (Lipinski definition) is 3. The minimum absolute atomic E-state index is 0.162. The smallest absolute Gasteiger partial charge is 0.311 e. The van der Waals surface area contributed by atoms with E-state index in [1.165, 1.54) is 49.1 Å². The molecule has 0 aliphatic rings. The molecule has 1 heterocycles. The molecule has 2 aromatic carbocycles. The molecule has 2 unspecified atom stereocenters. The summed E-state index contributed by atoms with van der Waals surface area (Å²) in [6.45, 7) is 0. The molecule has 0 saturated heterocycles. The predicted octanol–water partition coefficient (Wildman–Crippen LogP) is 5.32. The zero-order chi connectivity index (χ0) is 19.4. The molecular formula is C19H14Cl2F2N2O2. The van der Waals surface area contributed by atoms with Crippen LogP contribution >= 0.6 is 23.2 Å². The van der Waals surface area contributed by atoms with Crippen molar-refractivity contribution in [3.63, 3.8) is 0 Å². The zero-order valence-electron chi connectivity index (χ0n) is 13.9. The summed E-state index contributed by atoms with van der Waals surface area (Å²) in [6, 6.07) is 9.78. The molecule has 2 atom stereocenters. The van der Waals surface area contributed by atoms with Crippen LogP contribution in [0.4, 0.5) is 8.78 Å². The number of imidazole rings is 1. The first-order chi connectivity index (χ1) is 12.9. The first-order valence-corrected chi connectivity index (χ1v) is 8.70. The van der Waals surface area contributed by atoms with Crippen LogP contribution in [0.5, 0.6) is 0 Å². The molecule has 0 aliphatic heterocycles. The molecule has 0 bridgehead atoms. The van der Waals surface area contributed by atoms with Crippen molar-refractivity contribution in [2.24, 2.45) is 0 Å². The fourth-order valence-electron chi connectivity index (χ4n) is 2.51. The SMILES string of the molecule is O=C(Cc1ccc(Cl)cc1Cl)OC(c1ccc(F)cc1)C(F)n1ccnc1. The van der Waals surface area contributed by atoms with E-state index >= 15 is 0 Å². The minimum Gasteiger partial charge on any atom is -0.452 e. The van der Waals surface area contributed by atoms with Crippen LogP contribution in [0.25, 0.3) is 0 Å². The zero-order valence-corrected chi connectivity index (χ0v) is 15.4. The molecule has 0 N–H and O–H groups in total. The van der Waals surface area contributed by atoms with Gasteiger partial charge in [0, 0.05) is 22.4 Å². The third-order valence-corrected chi connectivity index (χ3v) is 4.45. The van der Waals surface area contributed by atoms with E-state index in [4.69, 9.17) is 27.9 Å². The van der Waals surface area contributed by atoms with Crippen molar-refractivity contribution < 1.29 is 18.3 Å². The Hall–Kier alpha value is -2.44. The highest BCUT2D eigenvalue weighted by Crippen LogP contribution is 2.32. The molecule has 3 rings (SSSR count). The van der Waals surface area contributed by atoms with Gasteiger partial charge in [-0.25, -0.2) is 13.8 Å². The lowest BCUT2D eigenvalue weighted by molar-refractivity contribution is -0.154. The Morgan fingerprint density at radius 3 is 2.56 bits per heavy atom. The molecule has 0 fully saturated rings. The average Bonchev–Trinajstić information content (AvgIpc) is 3.17. The van der Waals surface area contributed by atoms with Crippen molar-refractivity contribution in [1.82, 2.24) is 9.55 Å². The van der Waals surface area contributed by atoms with Gasteiger partial charge in [-0.3, -0.25) is 4.79 Å². The van der Waals surface area contributed by atoms with Gasteiger partial charge in [-0.05, 0) is 35.4 Å². The normalized spacial score (nSPS) is 13.2. The Kier molecular flexibility index (Phi) is 6.08. The van der Waals surface area contributed by atoms with Crippen molar-refractivity contribution in [1.29, 1.82) is 0 Å². The van der Waals surface area contributed by atoms with Gasteiger partial charge < -0.3 is 9.30 Å². The number of benzene rings is 2. The summed E-state index contributed by atoms with van der Waals surface area (Å²) in [5.41, 5.74) is 0.815. The molecular weight excluding hydrogens is 397 g/mol. The highest BCUT2D eigenvalue weighted by Gasteiger charge is 2.28. The van der Waals surface area contributed by atoms with Crippen molar-refractivity contribution in [2.75, 3.05) is 0 Å². The van der Waals surface area contributed by atoms with Gasteiger partial charge in [-0.15, -0.1) is 0 Å². The van der Waals surface area contributed by atoms with Gasteiger partial charge in [0.05, 0.1) is 12.7 Å². The Morgan fingerprint density at radius 2 is 1.93 bits per heavy atom. The monoisotopic (exact) mass is 410 g/mol. The van der Waals surface area contributed by atoms with Crippen LogP contribution in [-0.2, 0) is 16.0 Å². The molecule has 140 valence electrons. The lowest BCUT2D eigenvalue weighted by Crippen LogP contribution is -2.21. The molecule has 0 radical (unpaired) electrons. The maximum absolute atomic E-state index is 15.0. The Balaban J connectivity index is 1.82. The van der Waals surface area contributed by atoms with Gasteiger partial charge in [-0.1, -0.05) is 41.4 Å². The van der Waals surface area contributed by atoms with Crippen LogP contribution < -0.4 is 0 Å². The number of rotatable bonds is 6. The van der Waals surface area contributed by atoms with E-state index in [-0.39, 0.29) is 6.42 Å². The summed E-state index contributed by atoms with van der Waals surface area (Å²) in [7, 11) is 0. The second-order valence-electron chi connectivity index (χ2n) is 5.76. The maximum Gasteiger partial charge on any atom is 0.311 e. The maximum atomic E-state index is 15.0. The lowest BCUT2D eigenvalue weighted by atomic mass is 10.1. The van der Waals surface area contributed by atoms with Gasteiger partial charge in [0.25, 0.3) is 0 Å². The van der Waals surface area contributed by atoms with E-state index in [0.717, 1.165) is 4.57 Å². The van der Waals surface area contributed by atoms with Crippen LogP contribution in [0.3, 0.4) is 0 Å². The largest absolute Gasteiger partial charge is 0.452 e. The van der Waals surface area contributed by atoms with Gasteiger partial charge in [0.1, 0.15) is 5.82 Å². The summed E-state index contributed by atoms with van der Waals surface area (Å²) in [5, 5.41) is 0.745. The number of halogens is 4. The van der Waals surface area contributed by atoms with Gasteiger partial charge in [0.15, 0.2) is 6.10 Å². The van der Waals surface area contributed by atoms with Crippen molar-refractivity contribution in [3.05, 3.63) is 88.2 Å². The number of nitrogens with zero attached hydrogens (tertiary/aromatic N) is 2. The van der Waals surface area contributed by atoms with Crippen LogP contribution in [0.15, 0.2) is 61.2 Å². The van der Waals surface area contributed by atoms with E-state index in [0.29, 0.717) is 21.2 Å². The molecule has 27 heavy (non-hydrogen) atoms. The first-order valence-electron chi connectivity index (χ1n) is 7.94. The van der Waals surface area contributed by atoms with E-state index in [1.807, 2.05) is 0 Å². The third kappa shape index (κ3) is 4.84. The van der Waals surface area contributed by atoms with Crippen LogP contribution in [0.1, 0.15) is 23.5 Å². The fourth-order valence-corrected chi connectivity index (χ4v) is 2.99. The highest BCUT2D eigenvalue weighted by molar-refractivity contribution is 6.35. The average molecular weight is 411 g/mol. The molecule has 1 aromatic heterocycles. The van der Waals surface area contributed by atoms with Crippen LogP contribution in [0, 0.1) is 5.82 Å². The lowest BCUT2D eigenvalue weighted by Gasteiger charge is -2.23. The molecule has 8 heteroatoms. The van der Waals surface area contributed by atoms with Gasteiger partial charge >= 0.3 is 5.97 Å². The quantitative estimate of drug-likeness (QED) is 0.516. The summed E-state index contributed by atoms with van der Waals surface area (Å²) in [5.74, 6) is -1.16. The summed E-state index contributed by atoms with van der Waals surface area (Å²) < 4.78 is 34.7. The first kappa shape index (κ1) is 19.3. The molecule has 4 nitrogen and oxygen atoms in total. The van der Waals surface area contributed by atoms with E-state index in [1.54, 1.807) is 12.1 Å². The number of alkyl halides is 1. The minimum atomic E-state index is -1.73. The van der Waals surface area contributed by atoms with Gasteiger partial charge in [0.2, 0.25) is 6.30 Å². The molecule has 0 saturated carbocycles. The summed E-state index contributed by atoms with van der Waals surface area (Å²) in [6.07, 6.45) is 0.908. The van der Waals surface area contributed by atoms with Crippen LogP contribution in [0.2, 0.25) is 10.0 Å². The Morgan fingerprint density at radius 1 is 1.19 bits per heavy atom. The van der Waals surface area contributed by atoms with Crippen molar-refractivity contribution in [2.45, 2.75) is 18.8 Å². The topological polar surface area (TPSA) is 44.1 Å². The highest BCUT2D eigenvalue weighted by atomic mass is 35.5. The molecule has 0 amide bonds. The third-order valence-electron chi connectivity index (χ3n) is 3.87. The summed E-state index contributed by atoms with van der Waals surface area (Å²) in [4.78, 5) is 16.2. The second kappa shape index (κ2) is 8.50. The number of carbonyl (C=O) groups excluding carboxylic acids is 1. The number of aromatic nitrogens is 2. The molecule has 0 aliphatic carbocycles. The fraction of sp³-hybridized carbons (Fsp3) is 0.158. The van der Waals surface area contributed by atoms with Crippen molar-refractivity contribution >= 4 is 29.2 Å². The number of carbonyl (C=O) groups is 1. The predicted molar refractivity (Wildman–Crippen MR) is 97.8 cm³/mol. The molecule has 3 aromatic rings. The standard InChI is InChI=1S/C19H14Cl2F2N2O2/c20-14-4-1-13(16(21)10-14)9-17(26)27-18(12-2-5-15(22)6-3-12)19(23)25-8-7-24-11-25/h1-8,10-11,18-19H,9H2.